The molecule has 1 amide bonds. The van der Waals surface area contributed by atoms with Crippen LogP contribution in [0.25, 0.3) is 11.4 Å². The van der Waals surface area contributed by atoms with E-state index in [1.165, 1.54) is 0 Å². The molecule has 0 spiro atoms. The lowest BCUT2D eigenvalue weighted by molar-refractivity contribution is 0.100. The number of carbonyl (C=O) groups is 1. The summed E-state index contributed by atoms with van der Waals surface area (Å²) < 4.78 is 41.6. The number of carbonyl (C=O) groups excluding carboxylic acids is 1. The van der Waals surface area contributed by atoms with E-state index in [9.17, 15) is 17.8 Å². The van der Waals surface area contributed by atoms with Gasteiger partial charge in [0.15, 0.2) is 0 Å². The third-order valence-corrected chi connectivity index (χ3v) is 8.11. The van der Waals surface area contributed by atoms with Gasteiger partial charge >= 0.3 is 0 Å². The van der Waals surface area contributed by atoms with Gasteiger partial charge in [-0.15, -0.1) is 0 Å². The molecule has 0 saturated heterocycles. The maximum absolute atomic E-state index is 12.6. The van der Waals surface area contributed by atoms with Crippen LogP contribution in [0.15, 0.2) is 57.5 Å². The predicted octanol–water partition coefficient (Wildman–Crippen LogP) is 4.30. The molecule has 0 aliphatic carbocycles. The van der Waals surface area contributed by atoms with Crippen LogP contribution in [0.5, 0.6) is 0 Å². The van der Waals surface area contributed by atoms with Gasteiger partial charge in [0.25, 0.3) is 10.1 Å². The fraction of sp³-hybridized carbons (Fsp3) is 0.400. The summed E-state index contributed by atoms with van der Waals surface area (Å²) in [6, 6.07) is 14.6. The van der Waals surface area contributed by atoms with Crippen LogP contribution in [0.3, 0.4) is 0 Å². The molecule has 11 heteroatoms. The minimum atomic E-state index is -4.45. The van der Waals surface area contributed by atoms with Gasteiger partial charge in [-0.2, -0.15) is 13.4 Å². The van der Waals surface area contributed by atoms with Crippen LogP contribution in [0.2, 0.25) is 0 Å². The first-order valence-corrected chi connectivity index (χ1v) is 14.1. The van der Waals surface area contributed by atoms with Crippen LogP contribution in [-0.2, 0) is 16.5 Å². The van der Waals surface area contributed by atoms with Crippen LogP contribution >= 0.6 is 15.9 Å². The van der Waals surface area contributed by atoms with Crippen LogP contribution in [0.1, 0.15) is 54.4 Å². The van der Waals surface area contributed by atoms with Crippen LogP contribution < -0.4 is 5.73 Å². The molecule has 194 valence electrons. The summed E-state index contributed by atoms with van der Waals surface area (Å²) in [6.45, 7) is 6.00. The zero-order valence-electron chi connectivity index (χ0n) is 20.3. The standard InChI is InChI=1S/C25H31BrN4O5S/c1-3-30(4-2)15-14-22(36(32,33)34)20(12-10-17-8-6-5-7-9-17)25-28-24(29-35-25)19-13-11-18(26)16-21(19)23(27)31/h5-9,11,13,16,20,22H,3-4,10,12,14-15H2,1-2H3,(H2,27,31)(H,32,33,34)/t20-,22?/m0/s1. The number of primary amides is 1. The molecule has 0 bridgehead atoms. The quantitative estimate of drug-likeness (QED) is 0.286. The molecular formula is C25H31BrN4O5S. The van der Waals surface area contributed by atoms with Crippen molar-refractivity contribution in [3.05, 3.63) is 70.0 Å². The lowest BCUT2D eigenvalue weighted by atomic mass is 9.94. The molecule has 0 radical (unpaired) electrons. The number of aromatic nitrogens is 2. The first-order valence-electron chi connectivity index (χ1n) is 11.8. The molecule has 1 aromatic heterocycles. The second-order valence-electron chi connectivity index (χ2n) is 8.51. The zero-order valence-corrected chi connectivity index (χ0v) is 22.7. The van der Waals surface area contributed by atoms with Gasteiger partial charge in [0.2, 0.25) is 17.6 Å². The molecule has 9 nitrogen and oxygen atoms in total. The van der Waals surface area contributed by atoms with Crippen molar-refractivity contribution in [1.29, 1.82) is 0 Å². The highest BCUT2D eigenvalue weighted by atomic mass is 79.9. The molecule has 2 aromatic carbocycles. The van der Waals surface area contributed by atoms with Crippen molar-refractivity contribution in [2.75, 3.05) is 19.6 Å². The van der Waals surface area contributed by atoms with Crippen LogP contribution in [0.4, 0.5) is 0 Å². The number of aryl methyl sites for hydroxylation is 1. The Bertz CT molecular complexity index is 1260. The maximum atomic E-state index is 12.6. The van der Waals surface area contributed by atoms with Gasteiger partial charge in [-0.1, -0.05) is 65.3 Å². The Labute approximate surface area is 220 Å². The fourth-order valence-corrected chi connectivity index (χ4v) is 5.69. The Hall–Kier alpha value is -2.60. The van der Waals surface area contributed by atoms with Crippen LogP contribution in [-0.4, -0.2) is 58.8 Å². The molecule has 1 unspecified atom stereocenters. The van der Waals surface area contributed by atoms with Gasteiger partial charge in [0.05, 0.1) is 16.7 Å². The normalized spacial score (nSPS) is 13.6. The third-order valence-electron chi connectivity index (χ3n) is 6.29. The number of amides is 1. The van der Waals surface area contributed by atoms with E-state index in [1.807, 2.05) is 44.2 Å². The van der Waals surface area contributed by atoms with Crippen molar-refractivity contribution in [1.82, 2.24) is 15.0 Å². The molecule has 3 N–H and O–H groups in total. The van der Waals surface area contributed by atoms with Crippen molar-refractivity contribution >= 4 is 32.0 Å². The van der Waals surface area contributed by atoms with E-state index in [0.717, 1.165) is 18.7 Å². The largest absolute Gasteiger partial charge is 0.366 e. The monoisotopic (exact) mass is 578 g/mol. The topological polar surface area (TPSA) is 140 Å². The first-order chi connectivity index (χ1) is 17.1. The summed E-state index contributed by atoms with van der Waals surface area (Å²) in [5.74, 6) is -1.21. The second-order valence-corrected chi connectivity index (χ2v) is 11.1. The summed E-state index contributed by atoms with van der Waals surface area (Å²) in [5.41, 5.74) is 7.12. The van der Waals surface area contributed by atoms with Gasteiger partial charge < -0.3 is 15.2 Å². The lowest BCUT2D eigenvalue weighted by Gasteiger charge is -2.25. The molecule has 0 aliphatic heterocycles. The molecule has 0 fully saturated rings. The average Bonchev–Trinajstić information content (AvgIpc) is 3.33. The first kappa shape index (κ1) is 28.0. The van der Waals surface area contributed by atoms with E-state index in [4.69, 9.17) is 10.3 Å². The van der Waals surface area contributed by atoms with Crippen molar-refractivity contribution in [2.24, 2.45) is 5.73 Å². The molecular weight excluding hydrogens is 548 g/mol. The number of nitrogens with zero attached hydrogens (tertiary/aromatic N) is 3. The van der Waals surface area contributed by atoms with E-state index >= 15 is 0 Å². The third kappa shape index (κ3) is 7.22. The number of rotatable bonds is 13. The molecule has 3 aromatic rings. The molecule has 3 rings (SSSR count). The molecule has 36 heavy (non-hydrogen) atoms. The Morgan fingerprint density at radius 1 is 1.14 bits per heavy atom. The Morgan fingerprint density at radius 2 is 1.83 bits per heavy atom. The van der Waals surface area contributed by atoms with Crippen molar-refractivity contribution < 1.29 is 22.3 Å². The molecule has 1 heterocycles. The fourth-order valence-electron chi connectivity index (χ4n) is 4.25. The highest BCUT2D eigenvalue weighted by Crippen LogP contribution is 2.33. The van der Waals surface area contributed by atoms with Crippen LogP contribution in [0, 0.1) is 0 Å². The number of hydrogen-bond acceptors (Lipinski definition) is 7. The van der Waals surface area contributed by atoms with E-state index in [2.05, 4.69) is 31.0 Å². The molecule has 0 aliphatic rings. The number of halogens is 1. The minimum Gasteiger partial charge on any atom is -0.366 e. The predicted molar refractivity (Wildman–Crippen MR) is 141 cm³/mol. The summed E-state index contributed by atoms with van der Waals surface area (Å²) in [6.07, 6.45) is 1.10. The van der Waals surface area contributed by atoms with Gasteiger partial charge in [-0.05, 0) is 62.7 Å². The second kappa shape index (κ2) is 12.6. The Kier molecular flexibility index (Phi) is 9.77. The average molecular weight is 580 g/mol. The smallest absolute Gasteiger partial charge is 0.268 e. The summed E-state index contributed by atoms with van der Waals surface area (Å²) in [5, 5.41) is 2.89. The van der Waals surface area contributed by atoms with Crippen molar-refractivity contribution in [3.8, 4) is 11.4 Å². The van der Waals surface area contributed by atoms with Gasteiger partial charge in [-0.3, -0.25) is 9.35 Å². The van der Waals surface area contributed by atoms with E-state index in [0.29, 0.717) is 29.4 Å². The van der Waals surface area contributed by atoms with E-state index in [1.54, 1.807) is 18.2 Å². The lowest BCUT2D eigenvalue weighted by Crippen LogP contribution is -2.34. The van der Waals surface area contributed by atoms with Gasteiger partial charge in [0, 0.05) is 10.0 Å². The molecule has 0 saturated carbocycles. The summed E-state index contributed by atoms with van der Waals surface area (Å²) in [4.78, 5) is 18.6. The summed E-state index contributed by atoms with van der Waals surface area (Å²) >= 11 is 3.32. The van der Waals surface area contributed by atoms with Crippen molar-refractivity contribution in [2.45, 2.75) is 44.3 Å². The highest BCUT2D eigenvalue weighted by molar-refractivity contribution is 9.10. The van der Waals surface area contributed by atoms with Gasteiger partial charge in [0.1, 0.15) is 0 Å². The maximum Gasteiger partial charge on any atom is 0.268 e. The van der Waals surface area contributed by atoms with E-state index < -0.39 is 27.2 Å². The number of benzene rings is 2. The van der Waals surface area contributed by atoms with Crippen molar-refractivity contribution in [3.63, 3.8) is 0 Å². The SMILES string of the molecule is CCN(CC)CCC([C@H](CCc1ccccc1)c1nc(-c2ccc(Br)cc2C(N)=O)no1)S(=O)(=O)O. The summed E-state index contributed by atoms with van der Waals surface area (Å²) in [7, 11) is -4.45. The highest BCUT2D eigenvalue weighted by Gasteiger charge is 2.37. The molecule has 2 atom stereocenters. The minimum absolute atomic E-state index is 0.0847. The Balaban J connectivity index is 2.00. The number of hydrogen-bond donors (Lipinski definition) is 2. The zero-order chi connectivity index (χ0) is 26.3. The van der Waals surface area contributed by atoms with E-state index in [-0.39, 0.29) is 23.7 Å². The number of nitrogens with two attached hydrogens (primary N) is 1. The van der Waals surface area contributed by atoms with Gasteiger partial charge in [-0.25, -0.2) is 0 Å². The Morgan fingerprint density at radius 3 is 2.44 bits per heavy atom.